The normalized spacial score (nSPS) is 24.8. The second-order valence-electron chi connectivity index (χ2n) is 5.07. The number of nitrogens with one attached hydrogen (secondary N) is 1. The van der Waals surface area contributed by atoms with Crippen molar-refractivity contribution in [2.24, 2.45) is 0 Å². The maximum Gasteiger partial charge on any atom is 0.416 e. The molecular weight excluding hydrogens is 315 g/mol. The molecule has 1 aliphatic heterocycles. The van der Waals surface area contributed by atoms with Crippen molar-refractivity contribution >= 4 is 23.5 Å². The average Bonchev–Trinajstić information content (AvgIpc) is 2.45. The molecule has 3 unspecified atom stereocenters. The second-order valence-corrected chi connectivity index (χ2v) is 7.84. The molecule has 0 amide bonds. The van der Waals surface area contributed by atoms with E-state index >= 15 is 0 Å². The van der Waals surface area contributed by atoms with Gasteiger partial charge in [-0.15, -0.1) is 0 Å². The third-order valence-corrected chi connectivity index (χ3v) is 6.78. The fourth-order valence-electron chi connectivity index (χ4n) is 2.54. The number of rotatable bonds is 4. The first-order valence-corrected chi connectivity index (χ1v) is 9.17. The van der Waals surface area contributed by atoms with Crippen LogP contribution < -0.4 is 5.32 Å². The predicted octanol–water partition coefficient (Wildman–Crippen LogP) is 4.59. The largest absolute Gasteiger partial charge is 0.416 e. The topological polar surface area (TPSA) is 12.0 Å². The summed E-state index contributed by atoms with van der Waals surface area (Å²) in [7, 11) is 0. The molecular formula is C15H20F3NS2. The average molecular weight is 335 g/mol. The number of hydrogen-bond acceptors (Lipinski definition) is 3. The van der Waals surface area contributed by atoms with E-state index < -0.39 is 11.7 Å². The molecule has 1 nitrogen and oxygen atoms in total. The standard InChI is InChI=1S/C15H20F3NS2/c1-3-19-13(14-10(2)20-8-9-21-14)11-4-6-12(7-5-11)15(16,17)18/h4-7,10,13-14,19H,3,8-9H2,1-2H3. The minimum atomic E-state index is -4.27. The maximum absolute atomic E-state index is 12.7. The van der Waals surface area contributed by atoms with Crippen LogP contribution in [-0.4, -0.2) is 28.6 Å². The quantitative estimate of drug-likeness (QED) is 0.864. The smallest absolute Gasteiger partial charge is 0.309 e. The summed E-state index contributed by atoms with van der Waals surface area (Å²) >= 11 is 3.86. The highest BCUT2D eigenvalue weighted by Crippen LogP contribution is 2.39. The Morgan fingerprint density at radius 1 is 1.19 bits per heavy atom. The van der Waals surface area contributed by atoms with Crippen molar-refractivity contribution < 1.29 is 13.2 Å². The van der Waals surface area contributed by atoms with Crippen LogP contribution in [0.3, 0.4) is 0 Å². The molecule has 118 valence electrons. The monoisotopic (exact) mass is 335 g/mol. The van der Waals surface area contributed by atoms with Gasteiger partial charge in [0.2, 0.25) is 0 Å². The molecule has 1 N–H and O–H groups in total. The van der Waals surface area contributed by atoms with Gasteiger partial charge in [-0.05, 0) is 24.2 Å². The lowest BCUT2D eigenvalue weighted by Gasteiger charge is -2.35. The summed E-state index contributed by atoms with van der Waals surface area (Å²) in [5, 5.41) is 4.33. The summed E-state index contributed by atoms with van der Waals surface area (Å²) in [4.78, 5) is 0. The second kappa shape index (κ2) is 7.29. The van der Waals surface area contributed by atoms with E-state index in [1.807, 2.05) is 30.4 Å². The molecule has 6 heteroatoms. The molecule has 3 atom stereocenters. The number of hydrogen-bond donors (Lipinski definition) is 1. The predicted molar refractivity (Wildman–Crippen MR) is 86.0 cm³/mol. The number of halogens is 3. The van der Waals surface area contributed by atoms with Crippen LogP contribution in [-0.2, 0) is 6.18 Å². The highest BCUT2D eigenvalue weighted by atomic mass is 32.2. The Hall–Kier alpha value is -0.330. The zero-order valence-corrected chi connectivity index (χ0v) is 13.7. The molecule has 0 bridgehead atoms. The number of benzene rings is 1. The molecule has 0 saturated carbocycles. The Labute approximate surface area is 132 Å². The van der Waals surface area contributed by atoms with Gasteiger partial charge in [-0.25, -0.2) is 0 Å². The first-order valence-electron chi connectivity index (χ1n) is 7.07. The van der Waals surface area contributed by atoms with Crippen molar-refractivity contribution in [2.75, 3.05) is 18.1 Å². The van der Waals surface area contributed by atoms with Crippen LogP contribution in [0.4, 0.5) is 13.2 Å². The Bertz CT molecular complexity index is 447. The van der Waals surface area contributed by atoms with Crippen molar-refractivity contribution in [3.63, 3.8) is 0 Å². The van der Waals surface area contributed by atoms with Gasteiger partial charge in [-0.3, -0.25) is 0 Å². The lowest BCUT2D eigenvalue weighted by molar-refractivity contribution is -0.137. The molecule has 0 aliphatic carbocycles. The van der Waals surface area contributed by atoms with E-state index in [2.05, 4.69) is 12.2 Å². The van der Waals surface area contributed by atoms with Crippen LogP contribution in [0.25, 0.3) is 0 Å². The zero-order valence-electron chi connectivity index (χ0n) is 12.1. The van der Waals surface area contributed by atoms with Gasteiger partial charge >= 0.3 is 6.18 Å². The summed E-state index contributed by atoms with van der Waals surface area (Å²) < 4.78 is 38.0. The SMILES string of the molecule is CCNC(c1ccc(C(F)(F)F)cc1)C1SCCSC1C. The van der Waals surface area contributed by atoms with Gasteiger partial charge in [0, 0.05) is 28.0 Å². The third kappa shape index (κ3) is 4.33. The van der Waals surface area contributed by atoms with Crippen LogP contribution >= 0.6 is 23.5 Å². The minimum Gasteiger partial charge on any atom is -0.309 e. The summed E-state index contributed by atoms with van der Waals surface area (Å²) in [6, 6.07) is 5.70. The summed E-state index contributed by atoms with van der Waals surface area (Å²) in [5.41, 5.74) is 0.358. The first kappa shape index (κ1) is 17.0. The Balaban J connectivity index is 2.21. The fourth-order valence-corrected chi connectivity index (χ4v) is 5.49. The van der Waals surface area contributed by atoms with E-state index in [1.54, 1.807) is 12.1 Å². The van der Waals surface area contributed by atoms with Crippen LogP contribution in [0, 0.1) is 0 Å². The van der Waals surface area contributed by atoms with Crippen molar-refractivity contribution in [3.05, 3.63) is 35.4 Å². The lowest BCUT2D eigenvalue weighted by Crippen LogP contribution is -2.37. The lowest BCUT2D eigenvalue weighted by atomic mass is 10.00. The molecule has 1 aliphatic rings. The molecule has 0 radical (unpaired) electrons. The van der Waals surface area contributed by atoms with Gasteiger partial charge < -0.3 is 5.32 Å². The van der Waals surface area contributed by atoms with Gasteiger partial charge in [-0.1, -0.05) is 26.0 Å². The maximum atomic E-state index is 12.7. The van der Waals surface area contributed by atoms with Gasteiger partial charge in [0.25, 0.3) is 0 Å². The van der Waals surface area contributed by atoms with Gasteiger partial charge in [0.15, 0.2) is 0 Å². The number of alkyl halides is 3. The molecule has 1 saturated heterocycles. The van der Waals surface area contributed by atoms with Gasteiger partial charge in [-0.2, -0.15) is 36.7 Å². The van der Waals surface area contributed by atoms with Crippen LogP contribution in [0.1, 0.15) is 31.0 Å². The van der Waals surface area contributed by atoms with Gasteiger partial charge in [0.1, 0.15) is 0 Å². The molecule has 1 aromatic carbocycles. The van der Waals surface area contributed by atoms with Crippen molar-refractivity contribution in [1.29, 1.82) is 0 Å². The van der Waals surface area contributed by atoms with E-state index in [-0.39, 0.29) is 6.04 Å². The first-order chi connectivity index (χ1) is 9.93. The molecule has 2 rings (SSSR count). The van der Waals surface area contributed by atoms with Crippen molar-refractivity contribution in [1.82, 2.24) is 5.32 Å². The molecule has 1 fully saturated rings. The fraction of sp³-hybridized carbons (Fsp3) is 0.600. The zero-order chi connectivity index (χ0) is 15.5. The minimum absolute atomic E-state index is 0.102. The highest BCUT2D eigenvalue weighted by Gasteiger charge is 2.33. The van der Waals surface area contributed by atoms with Crippen LogP contribution in [0.5, 0.6) is 0 Å². The molecule has 0 spiro atoms. The van der Waals surface area contributed by atoms with Crippen LogP contribution in [0.2, 0.25) is 0 Å². The number of thioether (sulfide) groups is 2. The van der Waals surface area contributed by atoms with E-state index in [9.17, 15) is 13.2 Å². The van der Waals surface area contributed by atoms with Gasteiger partial charge in [0.05, 0.1) is 5.56 Å². The van der Waals surface area contributed by atoms with Crippen molar-refractivity contribution in [2.45, 2.75) is 36.6 Å². The van der Waals surface area contributed by atoms with Crippen LogP contribution in [0.15, 0.2) is 24.3 Å². The Kier molecular flexibility index (Phi) is 5.91. The summed E-state index contributed by atoms with van der Waals surface area (Å²) in [6.45, 7) is 5.04. The van der Waals surface area contributed by atoms with E-state index in [4.69, 9.17) is 0 Å². The molecule has 1 aromatic rings. The molecule has 21 heavy (non-hydrogen) atoms. The van der Waals surface area contributed by atoms with E-state index in [0.29, 0.717) is 10.5 Å². The summed E-state index contributed by atoms with van der Waals surface area (Å²) in [5.74, 6) is 2.25. The Morgan fingerprint density at radius 3 is 2.33 bits per heavy atom. The van der Waals surface area contributed by atoms with E-state index in [0.717, 1.165) is 23.6 Å². The Morgan fingerprint density at radius 2 is 1.81 bits per heavy atom. The molecule has 1 heterocycles. The summed E-state index contributed by atoms with van der Waals surface area (Å²) in [6.07, 6.45) is -4.27. The van der Waals surface area contributed by atoms with Crippen molar-refractivity contribution in [3.8, 4) is 0 Å². The molecule has 0 aromatic heterocycles. The third-order valence-electron chi connectivity index (χ3n) is 3.59. The highest BCUT2D eigenvalue weighted by molar-refractivity contribution is 8.07. The van der Waals surface area contributed by atoms with E-state index in [1.165, 1.54) is 12.1 Å².